The molecule has 7 nitrogen and oxygen atoms in total. The van der Waals surface area contributed by atoms with Crippen LogP contribution in [0.4, 0.5) is 5.82 Å². The molecule has 146 valence electrons. The van der Waals surface area contributed by atoms with Crippen LogP contribution in [0, 0.1) is 6.92 Å². The van der Waals surface area contributed by atoms with Crippen molar-refractivity contribution in [3.05, 3.63) is 72.1 Å². The Morgan fingerprint density at radius 1 is 0.893 bits per heavy atom. The van der Waals surface area contributed by atoms with E-state index in [9.17, 15) is 8.42 Å². The first kappa shape index (κ1) is 18.6. The fraction of sp³-hybridized carbons (Fsp3) is 0.300. The van der Waals surface area contributed by atoms with E-state index in [1.54, 1.807) is 4.31 Å². The van der Waals surface area contributed by atoms with Crippen LogP contribution in [-0.4, -0.2) is 53.7 Å². The number of aryl methyl sites for hydroxylation is 1. The molecule has 1 aliphatic heterocycles. The summed E-state index contributed by atoms with van der Waals surface area (Å²) >= 11 is 0. The van der Waals surface area contributed by atoms with Gasteiger partial charge in [-0.15, -0.1) is 10.2 Å². The van der Waals surface area contributed by atoms with Crippen LogP contribution in [0.15, 0.2) is 60.9 Å². The number of hydrogen-bond acceptors (Lipinski definition) is 5. The molecule has 0 amide bonds. The Morgan fingerprint density at radius 3 is 2.21 bits per heavy atom. The van der Waals surface area contributed by atoms with Crippen LogP contribution in [0.2, 0.25) is 0 Å². The molecule has 0 spiro atoms. The monoisotopic (exact) mass is 397 g/mol. The highest BCUT2D eigenvalue weighted by Crippen LogP contribution is 2.18. The number of anilines is 1. The molecule has 2 aromatic heterocycles. The lowest BCUT2D eigenvalue weighted by atomic mass is 10.2. The Balaban J connectivity index is 1.38. The molecule has 28 heavy (non-hydrogen) atoms. The van der Waals surface area contributed by atoms with Gasteiger partial charge in [0.2, 0.25) is 10.0 Å². The largest absolute Gasteiger partial charge is 0.352 e. The summed E-state index contributed by atoms with van der Waals surface area (Å²) in [6.45, 7) is 4.08. The van der Waals surface area contributed by atoms with Gasteiger partial charge < -0.3 is 9.47 Å². The molecular weight excluding hydrogens is 374 g/mol. The lowest BCUT2D eigenvalue weighted by molar-refractivity contribution is 0.383. The van der Waals surface area contributed by atoms with E-state index >= 15 is 0 Å². The molecule has 1 aromatic carbocycles. The molecule has 8 heteroatoms. The van der Waals surface area contributed by atoms with Gasteiger partial charge in [0, 0.05) is 38.6 Å². The SMILES string of the molecule is Cc1cccc(CS(=O)(=O)N2CCN(c3ccc(-n4cccc4)nn3)CC2)c1. The summed E-state index contributed by atoms with van der Waals surface area (Å²) in [5.74, 6) is 1.57. The van der Waals surface area contributed by atoms with Gasteiger partial charge >= 0.3 is 0 Å². The second-order valence-electron chi connectivity index (χ2n) is 6.97. The Labute approximate surface area is 165 Å². The topological polar surface area (TPSA) is 71.3 Å². The number of piperazine rings is 1. The van der Waals surface area contributed by atoms with E-state index in [0.717, 1.165) is 22.8 Å². The third kappa shape index (κ3) is 4.07. The maximum atomic E-state index is 12.8. The Hall–Kier alpha value is -2.71. The highest BCUT2D eigenvalue weighted by molar-refractivity contribution is 7.88. The molecular formula is C20H23N5O2S. The average Bonchev–Trinajstić information content (AvgIpc) is 3.23. The number of benzene rings is 1. The second kappa shape index (κ2) is 7.73. The quantitative estimate of drug-likeness (QED) is 0.660. The summed E-state index contributed by atoms with van der Waals surface area (Å²) in [6, 6.07) is 15.4. The van der Waals surface area contributed by atoms with Crippen molar-refractivity contribution in [3.63, 3.8) is 0 Å². The van der Waals surface area contributed by atoms with Gasteiger partial charge in [0.15, 0.2) is 11.6 Å². The first-order valence-electron chi connectivity index (χ1n) is 9.27. The smallest absolute Gasteiger partial charge is 0.218 e. The third-order valence-electron chi connectivity index (χ3n) is 4.89. The van der Waals surface area contributed by atoms with Crippen molar-refractivity contribution in [3.8, 4) is 5.82 Å². The number of nitrogens with zero attached hydrogens (tertiary/aromatic N) is 5. The van der Waals surface area contributed by atoms with Crippen molar-refractivity contribution < 1.29 is 8.42 Å². The molecule has 1 saturated heterocycles. The van der Waals surface area contributed by atoms with Crippen LogP contribution in [0.5, 0.6) is 0 Å². The molecule has 0 unspecified atom stereocenters. The summed E-state index contributed by atoms with van der Waals surface area (Å²) in [7, 11) is -3.33. The molecule has 3 heterocycles. The molecule has 0 radical (unpaired) electrons. The van der Waals surface area contributed by atoms with E-state index in [0.29, 0.717) is 26.2 Å². The van der Waals surface area contributed by atoms with Gasteiger partial charge in [-0.3, -0.25) is 0 Å². The summed E-state index contributed by atoms with van der Waals surface area (Å²) in [5.41, 5.74) is 1.90. The van der Waals surface area contributed by atoms with Crippen LogP contribution in [0.3, 0.4) is 0 Å². The number of aromatic nitrogens is 3. The molecule has 0 bridgehead atoms. The molecule has 1 fully saturated rings. The first-order chi connectivity index (χ1) is 13.5. The van der Waals surface area contributed by atoms with E-state index in [4.69, 9.17) is 0 Å². The maximum Gasteiger partial charge on any atom is 0.218 e. The summed E-state index contributed by atoms with van der Waals surface area (Å²) in [6.07, 6.45) is 3.84. The Bertz CT molecular complexity index is 1020. The first-order valence-corrected chi connectivity index (χ1v) is 10.9. The number of rotatable bonds is 5. The molecule has 3 aromatic rings. The fourth-order valence-corrected chi connectivity index (χ4v) is 4.91. The zero-order valence-electron chi connectivity index (χ0n) is 15.8. The second-order valence-corrected chi connectivity index (χ2v) is 8.94. The molecule has 4 rings (SSSR count). The van der Waals surface area contributed by atoms with E-state index < -0.39 is 10.0 Å². The van der Waals surface area contributed by atoms with Gasteiger partial charge in [0.05, 0.1) is 5.75 Å². The van der Waals surface area contributed by atoms with Crippen molar-refractivity contribution in [2.24, 2.45) is 0 Å². The molecule has 0 aliphatic carbocycles. The highest BCUT2D eigenvalue weighted by Gasteiger charge is 2.27. The van der Waals surface area contributed by atoms with Gasteiger partial charge in [-0.2, -0.15) is 4.31 Å². The minimum atomic E-state index is -3.33. The molecule has 0 atom stereocenters. The van der Waals surface area contributed by atoms with E-state index in [1.807, 2.05) is 72.4 Å². The number of sulfonamides is 1. The third-order valence-corrected chi connectivity index (χ3v) is 6.74. The van der Waals surface area contributed by atoms with E-state index in [2.05, 4.69) is 15.1 Å². The van der Waals surface area contributed by atoms with Crippen molar-refractivity contribution in [2.75, 3.05) is 31.1 Å². The fourth-order valence-electron chi connectivity index (χ4n) is 3.41. The van der Waals surface area contributed by atoms with Gasteiger partial charge in [-0.05, 0) is 36.8 Å². The van der Waals surface area contributed by atoms with Gasteiger partial charge in [0.25, 0.3) is 0 Å². The average molecular weight is 398 g/mol. The predicted octanol–water partition coefficient (Wildman–Crippen LogP) is 2.23. The lowest BCUT2D eigenvalue weighted by Gasteiger charge is -2.34. The van der Waals surface area contributed by atoms with Crippen molar-refractivity contribution in [1.82, 2.24) is 19.1 Å². The lowest BCUT2D eigenvalue weighted by Crippen LogP contribution is -2.49. The molecule has 0 saturated carbocycles. The summed E-state index contributed by atoms with van der Waals surface area (Å²) in [5, 5.41) is 8.58. The minimum Gasteiger partial charge on any atom is -0.352 e. The Kier molecular flexibility index (Phi) is 5.15. The molecule has 1 aliphatic rings. The van der Waals surface area contributed by atoms with Gasteiger partial charge in [-0.25, -0.2) is 8.42 Å². The number of hydrogen-bond donors (Lipinski definition) is 0. The minimum absolute atomic E-state index is 0.0417. The van der Waals surface area contributed by atoms with Gasteiger partial charge in [-0.1, -0.05) is 29.8 Å². The van der Waals surface area contributed by atoms with Crippen molar-refractivity contribution >= 4 is 15.8 Å². The van der Waals surface area contributed by atoms with E-state index in [1.165, 1.54) is 0 Å². The van der Waals surface area contributed by atoms with Crippen LogP contribution in [0.25, 0.3) is 5.82 Å². The maximum absolute atomic E-state index is 12.8. The normalized spacial score (nSPS) is 15.7. The van der Waals surface area contributed by atoms with Crippen LogP contribution in [-0.2, 0) is 15.8 Å². The van der Waals surface area contributed by atoms with Gasteiger partial charge in [0.1, 0.15) is 0 Å². The summed E-state index contributed by atoms with van der Waals surface area (Å²) < 4.78 is 29.0. The van der Waals surface area contributed by atoms with Crippen molar-refractivity contribution in [2.45, 2.75) is 12.7 Å². The standard InChI is InChI=1S/C20H23N5O2S/c1-17-5-4-6-18(15-17)16-28(26,27)25-13-11-24(12-14-25)20-8-7-19(21-22-20)23-9-2-3-10-23/h2-10,15H,11-14,16H2,1H3. The Morgan fingerprint density at radius 2 is 1.57 bits per heavy atom. The molecule has 0 N–H and O–H groups in total. The van der Waals surface area contributed by atoms with Crippen molar-refractivity contribution in [1.29, 1.82) is 0 Å². The zero-order valence-corrected chi connectivity index (χ0v) is 16.6. The predicted molar refractivity (Wildman–Crippen MR) is 109 cm³/mol. The highest BCUT2D eigenvalue weighted by atomic mass is 32.2. The summed E-state index contributed by atoms with van der Waals surface area (Å²) in [4.78, 5) is 2.07. The van der Waals surface area contributed by atoms with Crippen LogP contribution >= 0.6 is 0 Å². The van der Waals surface area contributed by atoms with Crippen LogP contribution < -0.4 is 4.90 Å². The zero-order chi connectivity index (χ0) is 19.6. The van der Waals surface area contributed by atoms with E-state index in [-0.39, 0.29) is 5.75 Å². The van der Waals surface area contributed by atoms with Crippen LogP contribution in [0.1, 0.15) is 11.1 Å².